The fraction of sp³-hybridized carbons (Fsp3) is 0.350. The summed E-state index contributed by atoms with van der Waals surface area (Å²) in [6.45, 7) is 3.04. The van der Waals surface area contributed by atoms with Crippen LogP contribution in [0.4, 0.5) is 5.69 Å². The maximum Gasteiger partial charge on any atom is 0.222 e. The molecular weight excluding hydrogens is 394 g/mol. The highest BCUT2D eigenvalue weighted by molar-refractivity contribution is 7.73. The van der Waals surface area contributed by atoms with E-state index in [1.165, 1.54) is 11.3 Å². The van der Waals surface area contributed by atoms with E-state index in [0.717, 1.165) is 16.8 Å². The topological polar surface area (TPSA) is 67.1 Å². The number of aromatic hydroxyl groups is 1. The summed E-state index contributed by atoms with van der Waals surface area (Å²) in [4.78, 5) is 19.2. The van der Waals surface area contributed by atoms with Crippen molar-refractivity contribution in [2.24, 2.45) is 4.99 Å². The lowest BCUT2D eigenvalue weighted by Gasteiger charge is -2.26. The number of benzene rings is 1. The molecule has 2 aliphatic heterocycles. The minimum absolute atomic E-state index is 0.130. The number of carbonyl (C=O) groups is 1. The van der Waals surface area contributed by atoms with Crippen LogP contribution in [0.1, 0.15) is 23.3 Å². The summed E-state index contributed by atoms with van der Waals surface area (Å²) in [5.41, 5.74) is 2.93. The number of rotatable bonds is 5. The Hall–Kier alpha value is -2.29. The lowest BCUT2D eigenvalue weighted by molar-refractivity contribution is -0.135. The summed E-state index contributed by atoms with van der Waals surface area (Å²) >= 11 is 6.80. The van der Waals surface area contributed by atoms with Crippen LogP contribution in [0.2, 0.25) is 0 Å². The molecule has 0 radical (unpaired) electrons. The summed E-state index contributed by atoms with van der Waals surface area (Å²) in [6.07, 6.45) is 4.79. The average molecular weight is 416 g/mol. The molecule has 1 fully saturated rings. The van der Waals surface area contributed by atoms with E-state index >= 15 is 0 Å². The van der Waals surface area contributed by atoms with E-state index in [1.54, 1.807) is 10.8 Å². The van der Waals surface area contributed by atoms with E-state index in [1.807, 2.05) is 35.2 Å². The van der Waals surface area contributed by atoms with Gasteiger partial charge in [0.1, 0.15) is 0 Å². The normalized spacial score (nSPS) is 17.3. The van der Waals surface area contributed by atoms with Crippen molar-refractivity contribution in [3.05, 3.63) is 38.7 Å². The third-order valence-electron chi connectivity index (χ3n) is 4.87. The standard InChI is InChI=1S/C20H21N3O3S2/c24-18(22-8-10-26-11-9-22)6-3-7-23-19(25)17(28-20(23)27)12-14-13-21-16-5-2-1-4-15(14)16/h1-2,4-5,12-13,25H,3,6-11H2/b14-12+. The van der Waals surface area contributed by atoms with Crippen LogP contribution in [0.5, 0.6) is 5.88 Å². The zero-order valence-electron chi connectivity index (χ0n) is 15.3. The van der Waals surface area contributed by atoms with Gasteiger partial charge in [-0.1, -0.05) is 18.2 Å². The second-order valence-corrected chi connectivity index (χ2v) is 8.35. The number of allylic oxidation sites excluding steroid dienone is 1. The fourth-order valence-electron chi connectivity index (χ4n) is 3.36. The zero-order valence-corrected chi connectivity index (χ0v) is 17.0. The number of thiazole rings is 1. The highest BCUT2D eigenvalue weighted by atomic mass is 32.1. The molecule has 0 bridgehead atoms. The second kappa shape index (κ2) is 8.38. The predicted octanol–water partition coefficient (Wildman–Crippen LogP) is 3.88. The number of amides is 1. The molecule has 146 valence electrons. The van der Waals surface area contributed by atoms with Crippen LogP contribution in [0.3, 0.4) is 0 Å². The third-order valence-corrected chi connectivity index (χ3v) is 6.26. The quantitative estimate of drug-likeness (QED) is 0.753. The molecule has 0 unspecified atom stereocenters. The summed E-state index contributed by atoms with van der Waals surface area (Å²) in [6, 6.07) is 7.90. The molecule has 4 rings (SSSR count). The Kier molecular flexibility index (Phi) is 5.70. The number of hydrogen-bond donors (Lipinski definition) is 1. The molecule has 2 aromatic rings. The molecule has 0 saturated carbocycles. The van der Waals surface area contributed by atoms with Crippen LogP contribution in [0.15, 0.2) is 29.3 Å². The van der Waals surface area contributed by atoms with E-state index < -0.39 is 0 Å². The van der Waals surface area contributed by atoms with E-state index in [4.69, 9.17) is 17.0 Å². The lowest BCUT2D eigenvalue weighted by Crippen LogP contribution is -2.40. The Morgan fingerprint density at radius 3 is 2.93 bits per heavy atom. The van der Waals surface area contributed by atoms with Crippen molar-refractivity contribution >= 4 is 53.0 Å². The average Bonchev–Trinajstić information content (AvgIpc) is 3.24. The van der Waals surface area contributed by atoms with Gasteiger partial charge in [0.15, 0.2) is 3.95 Å². The maximum absolute atomic E-state index is 12.3. The summed E-state index contributed by atoms with van der Waals surface area (Å²) < 4.78 is 7.58. The van der Waals surface area contributed by atoms with Gasteiger partial charge in [0.05, 0.1) is 23.8 Å². The van der Waals surface area contributed by atoms with Gasteiger partial charge in [-0.3, -0.25) is 14.4 Å². The van der Waals surface area contributed by atoms with Crippen LogP contribution >= 0.6 is 23.6 Å². The highest BCUT2D eigenvalue weighted by Crippen LogP contribution is 2.35. The van der Waals surface area contributed by atoms with E-state index in [0.29, 0.717) is 54.5 Å². The molecule has 1 aromatic heterocycles. The summed E-state index contributed by atoms with van der Waals surface area (Å²) in [7, 11) is 0. The van der Waals surface area contributed by atoms with Crippen molar-refractivity contribution in [1.29, 1.82) is 0 Å². The predicted molar refractivity (Wildman–Crippen MR) is 114 cm³/mol. The maximum atomic E-state index is 12.3. The molecule has 1 saturated heterocycles. The first kappa shape index (κ1) is 19.0. The van der Waals surface area contributed by atoms with Gasteiger partial charge in [-0.25, -0.2) is 0 Å². The van der Waals surface area contributed by atoms with Crippen molar-refractivity contribution < 1.29 is 14.6 Å². The van der Waals surface area contributed by atoms with Crippen LogP contribution in [-0.4, -0.2) is 53.0 Å². The SMILES string of the molecule is O=C(CCCn1c(O)c(/C=C2\C=Nc3ccccc32)sc1=S)N1CCOCC1. The smallest absolute Gasteiger partial charge is 0.222 e. The van der Waals surface area contributed by atoms with Gasteiger partial charge in [-0.05, 0) is 30.8 Å². The van der Waals surface area contributed by atoms with Gasteiger partial charge in [0.2, 0.25) is 11.8 Å². The lowest BCUT2D eigenvalue weighted by atomic mass is 10.1. The monoisotopic (exact) mass is 415 g/mol. The molecule has 2 aliphatic rings. The largest absolute Gasteiger partial charge is 0.493 e. The number of morpholine rings is 1. The number of fused-ring (bicyclic) bond motifs is 1. The molecule has 0 spiro atoms. The first-order valence-corrected chi connectivity index (χ1v) is 10.5. The molecular formula is C20H21N3O3S2. The van der Waals surface area contributed by atoms with Crippen LogP contribution in [-0.2, 0) is 16.1 Å². The Labute approximate surface area is 172 Å². The molecule has 1 N–H and O–H groups in total. The number of aliphatic imine (C=N–C) groups is 1. The third kappa shape index (κ3) is 3.94. The molecule has 1 aromatic carbocycles. The van der Waals surface area contributed by atoms with Crippen molar-refractivity contribution in [2.75, 3.05) is 26.3 Å². The number of para-hydroxylation sites is 1. The molecule has 1 amide bonds. The van der Waals surface area contributed by atoms with Gasteiger partial charge in [0.25, 0.3) is 0 Å². The summed E-state index contributed by atoms with van der Waals surface area (Å²) in [5, 5.41) is 10.6. The van der Waals surface area contributed by atoms with E-state index in [-0.39, 0.29) is 11.8 Å². The Bertz CT molecular complexity index is 1000. The fourth-order valence-corrected chi connectivity index (χ4v) is 4.67. The first-order chi connectivity index (χ1) is 13.6. The highest BCUT2D eigenvalue weighted by Gasteiger charge is 2.18. The molecule has 3 heterocycles. The number of ether oxygens (including phenoxy) is 1. The molecule has 8 heteroatoms. The van der Waals surface area contributed by atoms with Gasteiger partial charge in [-0.2, -0.15) is 0 Å². The van der Waals surface area contributed by atoms with Gasteiger partial charge < -0.3 is 14.7 Å². The number of aromatic nitrogens is 1. The molecule has 0 aliphatic carbocycles. The van der Waals surface area contributed by atoms with Crippen molar-refractivity contribution in [3.63, 3.8) is 0 Å². The molecule has 0 atom stereocenters. The number of nitrogens with zero attached hydrogens (tertiary/aromatic N) is 3. The van der Waals surface area contributed by atoms with E-state index in [9.17, 15) is 9.90 Å². The molecule has 28 heavy (non-hydrogen) atoms. The van der Waals surface area contributed by atoms with Crippen LogP contribution in [0, 0.1) is 3.95 Å². The first-order valence-electron chi connectivity index (χ1n) is 9.27. The van der Waals surface area contributed by atoms with E-state index in [2.05, 4.69) is 4.99 Å². The number of hydrogen-bond acceptors (Lipinski definition) is 6. The van der Waals surface area contributed by atoms with Crippen LogP contribution in [0.25, 0.3) is 11.6 Å². The Balaban J connectivity index is 1.43. The zero-order chi connectivity index (χ0) is 19.5. The Morgan fingerprint density at radius 1 is 1.32 bits per heavy atom. The van der Waals surface area contributed by atoms with Gasteiger partial charge >= 0.3 is 0 Å². The minimum atomic E-state index is 0.130. The van der Waals surface area contributed by atoms with Crippen LogP contribution < -0.4 is 0 Å². The summed E-state index contributed by atoms with van der Waals surface area (Å²) in [5.74, 6) is 0.282. The molecule has 6 nitrogen and oxygen atoms in total. The van der Waals surface area contributed by atoms with Gasteiger partial charge in [-0.15, -0.1) is 11.3 Å². The minimum Gasteiger partial charge on any atom is -0.493 e. The van der Waals surface area contributed by atoms with Gasteiger partial charge in [0, 0.05) is 43.4 Å². The van der Waals surface area contributed by atoms with Crippen molar-refractivity contribution in [3.8, 4) is 5.88 Å². The van der Waals surface area contributed by atoms with Crippen molar-refractivity contribution in [1.82, 2.24) is 9.47 Å². The second-order valence-electron chi connectivity index (χ2n) is 6.68. The number of carbonyl (C=O) groups excluding carboxylic acids is 1. The van der Waals surface area contributed by atoms with Crippen molar-refractivity contribution in [2.45, 2.75) is 19.4 Å². The Morgan fingerprint density at radius 2 is 2.11 bits per heavy atom.